The van der Waals surface area contributed by atoms with Crippen LogP contribution in [0.15, 0.2) is 24.3 Å². The molecule has 0 radical (unpaired) electrons. The number of ether oxygens (including phenoxy) is 1. The Hall–Kier alpha value is -1.39. The van der Waals surface area contributed by atoms with Crippen LogP contribution in [-0.4, -0.2) is 18.2 Å². The Bertz CT molecular complexity index is 502. The Labute approximate surface area is 90.9 Å². The van der Waals surface area contributed by atoms with Crippen molar-refractivity contribution in [2.75, 3.05) is 7.11 Å². The summed E-state index contributed by atoms with van der Waals surface area (Å²) in [6.07, 6.45) is 0. The van der Waals surface area contributed by atoms with Crippen molar-refractivity contribution >= 4 is 27.4 Å². The number of hydrogen-bond acceptors (Lipinski definition) is 3. The van der Waals surface area contributed by atoms with Gasteiger partial charge in [-0.1, -0.05) is 18.2 Å². The topological polar surface area (TPSA) is 46.5 Å². The number of rotatable bonds is 3. The van der Waals surface area contributed by atoms with Crippen LogP contribution in [0.5, 0.6) is 0 Å². The highest BCUT2D eigenvalue weighted by molar-refractivity contribution is 7.20. The molecule has 1 aromatic heterocycles. The number of carbonyl (C=O) groups is 1. The van der Waals surface area contributed by atoms with E-state index >= 15 is 0 Å². The van der Waals surface area contributed by atoms with Crippen LogP contribution >= 0.6 is 11.3 Å². The van der Waals surface area contributed by atoms with Crippen molar-refractivity contribution in [2.24, 2.45) is 0 Å². The number of carboxylic acids is 1. The predicted octanol–water partition coefficient (Wildman–Crippen LogP) is 2.75. The van der Waals surface area contributed by atoms with Crippen molar-refractivity contribution in [1.82, 2.24) is 0 Å². The van der Waals surface area contributed by atoms with Crippen molar-refractivity contribution in [3.8, 4) is 0 Å². The first-order valence-corrected chi connectivity index (χ1v) is 5.27. The van der Waals surface area contributed by atoms with E-state index in [1.165, 1.54) is 11.3 Å². The fraction of sp³-hybridized carbons (Fsp3) is 0.182. The summed E-state index contributed by atoms with van der Waals surface area (Å²) in [5, 5.41) is 9.85. The maximum Gasteiger partial charge on any atom is 0.345 e. The molecule has 0 bridgehead atoms. The molecule has 0 aliphatic carbocycles. The molecule has 1 heterocycles. The lowest BCUT2D eigenvalue weighted by atomic mass is 10.2. The Morgan fingerprint density at radius 1 is 1.53 bits per heavy atom. The summed E-state index contributed by atoms with van der Waals surface area (Å²) in [6, 6.07) is 7.47. The molecule has 2 aromatic rings. The van der Waals surface area contributed by atoms with E-state index in [-0.39, 0.29) is 0 Å². The molecule has 0 aliphatic heterocycles. The van der Waals surface area contributed by atoms with Gasteiger partial charge in [0.1, 0.15) is 4.88 Å². The minimum atomic E-state index is -0.875. The number of hydrogen-bond donors (Lipinski definition) is 1. The van der Waals surface area contributed by atoms with Crippen molar-refractivity contribution in [2.45, 2.75) is 6.61 Å². The normalized spacial score (nSPS) is 10.7. The van der Waals surface area contributed by atoms with Crippen molar-refractivity contribution < 1.29 is 14.6 Å². The van der Waals surface area contributed by atoms with Crippen molar-refractivity contribution in [3.63, 3.8) is 0 Å². The van der Waals surface area contributed by atoms with Crippen LogP contribution in [-0.2, 0) is 11.3 Å². The molecule has 0 unspecified atom stereocenters. The van der Waals surface area contributed by atoms with Gasteiger partial charge in [-0.25, -0.2) is 4.79 Å². The summed E-state index contributed by atoms with van der Waals surface area (Å²) in [5.74, 6) is -0.875. The van der Waals surface area contributed by atoms with Gasteiger partial charge in [0, 0.05) is 11.8 Å². The van der Waals surface area contributed by atoms with Gasteiger partial charge in [-0.2, -0.15) is 0 Å². The van der Waals surface area contributed by atoms with E-state index in [2.05, 4.69) is 0 Å². The van der Waals surface area contributed by atoms with Gasteiger partial charge in [0.15, 0.2) is 0 Å². The zero-order valence-electron chi connectivity index (χ0n) is 8.19. The van der Waals surface area contributed by atoms with E-state index in [1.807, 2.05) is 18.2 Å². The van der Waals surface area contributed by atoms with Crippen molar-refractivity contribution in [3.05, 3.63) is 34.7 Å². The third-order valence-corrected chi connectivity index (χ3v) is 3.35. The van der Waals surface area contributed by atoms with Gasteiger partial charge in [-0.3, -0.25) is 0 Å². The highest BCUT2D eigenvalue weighted by Gasteiger charge is 2.10. The number of thiophene rings is 1. The van der Waals surface area contributed by atoms with Gasteiger partial charge >= 0.3 is 5.97 Å². The molecule has 0 fully saturated rings. The smallest absolute Gasteiger partial charge is 0.345 e. The van der Waals surface area contributed by atoms with Crippen LogP contribution < -0.4 is 0 Å². The number of carboxylic acid groups (broad SMARTS) is 1. The van der Waals surface area contributed by atoms with Crippen LogP contribution in [0.4, 0.5) is 0 Å². The minimum Gasteiger partial charge on any atom is -0.477 e. The molecule has 4 heteroatoms. The van der Waals surface area contributed by atoms with Gasteiger partial charge in [-0.15, -0.1) is 11.3 Å². The summed E-state index contributed by atoms with van der Waals surface area (Å²) in [4.78, 5) is 11.2. The Balaban J connectivity index is 2.59. The molecule has 0 aliphatic rings. The summed E-state index contributed by atoms with van der Waals surface area (Å²) >= 11 is 1.29. The number of methoxy groups -OCH3 is 1. The SMILES string of the molecule is COCc1cccc2cc(C(=O)O)sc12. The highest BCUT2D eigenvalue weighted by Crippen LogP contribution is 2.29. The van der Waals surface area contributed by atoms with E-state index in [1.54, 1.807) is 13.2 Å². The molecule has 0 spiro atoms. The van der Waals surface area contributed by atoms with Crippen LogP contribution in [0, 0.1) is 0 Å². The Morgan fingerprint density at radius 3 is 3.00 bits per heavy atom. The molecular weight excluding hydrogens is 212 g/mol. The molecule has 3 nitrogen and oxygen atoms in total. The van der Waals surface area contributed by atoms with E-state index < -0.39 is 5.97 Å². The van der Waals surface area contributed by atoms with E-state index in [4.69, 9.17) is 9.84 Å². The summed E-state index contributed by atoms with van der Waals surface area (Å²) in [7, 11) is 1.63. The third kappa shape index (κ3) is 1.86. The second kappa shape index (κ2) is 4.00. The van der Waals surface area contributed by atoms with E-state index in [0.717, 1.165) is 15.6 Å². The van der Waals surface area contributed by atoms with Gasteiger partial charge in [-0.05, 0) is 17.0 Å². The van der Waals surface area contributed by atoms with Crippen LogP contribution in [0.2, 0.25) is 0 Å². The maximum atomic E-state index is 10.8. The highest BCUT2D eigenvalue weighted by atomic mass is 32.1. The standard InChI is InChI=1S/C11H10O3S/c1-14-6-8-4-2-3-7-5-9(11(12)13)15-10(7)8/h2-5H,6H2,1H3,(H,12,13). The fourth-order valence-electron chi connectivity index (χ4n) is 1.50. The van der Waals surface area contributed by atoms with Gasteiger partial charge in [0.05, 0.1) is 6.61 Å². The van der Waals surface area contributed by atoms with Crippen LogP contribution in [0.25, 0.3) is 10.1 Å². The Morgan fingerprint density at radius 2 is 2.33 bits per heavy atom. The molecule has 2 rings (SSSR count). The second-order valence-electron chi connectivity index (χ2n) is 3.18. The molecule has 1 aromatic carbocycles. The molecule has 0 saturated carbocycles. The van der Waals surface area contributed by atoms with Gasteiger partial charge < -0.3 is 9.84 Å². The van der Waals surface area contributed by atoms with Crippen LogP contribution in [0.3, 0.4) is 0 Å². The lowest BCUT2D eigenvalue weighted by Gasteiger charge is -1.99. The first-order chi connectivity index (χ1) is 7.22. The Kier molecular flexibility index (Phi) is 2.70. The monoisotopic (exact) mass is 222 g/mol. The van der Waals surface area contributed by atoms with Gasteiger partial charge in [0.2, 0.25) is 0 Å². The first-order valence-electron chi connectivity index (χ1n) is 4.46. The summed E-state index contributed by atoms with van der Waals surface area (Å²) in [6.45, 7) is 0.511. The molecule has 78 valence electrons. The average molecular weight is 222 g/mol. The number of fused-ring (bicyclic) bond motifs is 1. The lowest BCUT2D eigenvalue weighted by Crippen LogP contribution is -1.89. The minimum absolute atomic E-state index is 0.369. The molecule has 1 N–H and O–H groups in total. The molecule has 0 saturated heterocycles. The molecule has 0 amide bonds. The van der Waals surface area contributed by atoms with Crippen molar-refractivity contribution in [1.29, 1.82) is 0 Å². The molecular formula is C11H10O3S. The quantitative estimate of drug-likeness (QED) is 0.868. The zero-order chi connectivity index (χ0) is 10.8. The summed E-state index contributed by atoms with van der Waals surface area (Å²) in [5.41, 5.74) is 1.03. The van der Waals surface area contributed by atoms with E-state index in [0.29, 0.717) is 11.5 Å². The second-order valence-corrected chi connectivity index (χ2v) is 4.24. The molecule has 15 heavy (non-hydrogen) atoms. The fourth-order valence-corrected chi connectivity index (χ4v) is 2.49. The number of aromatic carboxylic acids is 1. The average Bonchev–Trinajstić information content (AvgIpc) is 2.63. The largest absolute Gasteiger partial charge is 0.477 e. The van der Waals surface area contributed by atoms with E-state index in [9.17, 15) is 4.79 Å². The first kappa shape index (κ1) is 10.1. The van der Waals surface area contributed by atoms with Gasteiger partial charge in [0.25, 0.3) is 0 Å². The summed E-state index contributed by atoms with van der Waals surface area (Å²) < 4.78 is 6.06. The van der Waals surface area contributed by atoms with Crippen LogP contribution in [0.1, 0.15) is 15.2 Å². The lowest BCUT2D eigenvalue weighted by molar-refractivity contribution is 0.0702. The third-order valence-electron chi connectivity index (χ3n) is 2.14. The molecule has 0 atom stereocenters. The number of benzene rings is 1. The zero-order valence-corrected chi connectivity index (χ0v) is 9.00. The maximum absolute atomic E-state index is 10.8. The predicted molar refractivity (Wildman–Crippen MR) is 59.5 cm³/mol.